The zero-order chi connectivity index (χ0) is 27.2. The van der Waals surface area contributed by atoms with Crippen molar-refractivity contribution in [1.29, 1.82) is 10.5 Å². The van der Waals surface area contributed by atoms with Gasteiger partial charge in [-0.2, -0.15) is 10.5 Å². The molecule has 0 saturated carbocycles. The van der Waals surface area contributed by atoms with Crippen molar-refractivity contribution in [2.24, 2.45) is 0 Å². The molecule has 4 aromatic rings. The first-order valence-corrected chi connectivity index (χ1v) is 12.9. The van der Waals surface area contributed by atoms with Crippen LogP contribution in [-0.4, -0.2) is 42.0 Å². The molecule has 1 fully saturated rings. The third-order valence-corrected chi connectivity index (χ3v) is 6.99. The van der Waals surface area contributed by atoms with Gasteiger partial charge in [0.15, 0.2) is 0 Å². The third kappa shape index (κ3) is 6.13. The summed E-state index contributed by atoms with van der Waals surface area (Å²) in [6.45, 7) is 6.37. The van der Waals surface area contributed by atoms with Crippen LogP contribution in [0.3, 0.4) is 0 Å². The summed E-state index contributed by atoms with van der Waals surface area (Å²) in [5.74, 6) is 0.686. The molecule has 7 heteroatoms. The summed E-state index contributed by atoms with van der Waals surface area (Å²) >= 11 is 0. The molecule has 1 amide bonds. The van der Waals surface area contributed by atoms with Gasteiger partial charge < -0.3 is 10.2 Å². The number of nitrogens with zero attached hydrogens (tertiary/aromatic N) is 5. The molecule has 0 bridgehead atoms. The molecule has 1 aliphatic rings. The van der Waals surface area contributed by atoms with Gasteiger partial charge in [-0.05, 0) is 77.7 Å². The number of rotatable bonds is 6. The standard InChI is InChI=1S/C32H28N6O/c1-23-5-8-28(18-30(23)27-9-6-24(19-33)7-10-27)32(39)36-29-11-12-31(35-21-29)38-15-13-37(14-16-38)22-26-4-2-3-25(17-26)20-34/h2-12,17-18,21H,13-16,22H2,1H3,(H,36,39). The summed E-state index contributed by atoms with van der Waals surface area (Å²) < 4.78 is 0. The van der Waals surface area contributed by atoms with Crippen LogP contribution in [0.5, 0.6) is 0 Å². The van der Waals surface area contributed by atoms with Crippen LogP contribution >= 0.6 is 0 Å². The molecule has 7 nitrogen and oxygen atoms in total. The first-order chi connectivity index (χ1) is 19.0. The SMILES string of the molecule is Cc1ccc(C(=O)Nc2ccc(N3CCN(Cc4cccc(C#N)c4)CC3)nc2)cc1-c1ccc(C#N)cc1. The second-order valence-corrected chi connectivity index (χ2v) is 9.65. The number of aromatic nitrogens is 1. The van der Waals surface area contributed by atoms with Gasteiger partial charge in [0.05, 0.1) is 35.1 Å². The summed E-state index contributed by atoms with van der Waals surface area (Å²) in [5, 5.41) is 21.1. The van der Waals surface area contributed by atoms with Crippen LogP contribution in [0.15, 0.2) is 85.1 Å². The minimum Gasteiger partial charge on any atom is -0.354 e. The van der Waals surface area contributed by atoms with Crippen LogP contribution in [0.2, 0.25) is 0 Å². The van der Waals surface area contributed by atoms with Gasteiger partial charge in [0, 0.05) is 38.3 Å². The van der Waals surface area contributed by atoms with Crippen molar-refractivity contribution in [2.75, 3.05) is 36.4 Å². The lowest BCUT2D eigenvalue weighted by molar-refractivity contribution is 0.102. The number of benzene rings is 3. The quantitative estimate of drug-likeness (QED) is 0.373. The molecule has 0 atom stereocenters. The number of anilines is 2. The smallest absolute Gasteiger partial charge is 0.255 e. The molecule has 1 aromatic heterocycles. The fourth-order valence-corrected chi connectivity index (χ4v) is 4.78. The molecular formula is C32H28N6O. The van der Waals surface area contributed by atoms with E-state index < -0.39 is 0 Å². The van der Waals surface area contributed by atoms with Gasteiger partial charge in [0.2, 0.25) is 0 Å². The van der Waals surface area contributed by atoms with Crippen molar-refractivity contribution in [3.63, 3.8) is 0 Å². The Hall–Kier alpha value is -4.98. The number of carbonyl (C=O) groups is 1. The van der Waals surface area contributed by atoms with Gasteiger partial charge >= 0.3 is 0 Å². The molecule has 39 heavy (non-hydrogen) atoms. The number of piperazine rings is 1. The summed E-state index contributed by atoms with van der Waals surface area (Å²) in [5.41, 5.74) is 6.61. The highest BCUT2D eigenvalue weighted by Gasteiger charge is 2.18. The zero-order valence-electron chi connectivity index (χ0n) is 21.8. The molecule has 192 valence electrons. The van der Waals surface area contributed by atoms with E-state index in [2.05, 4.69) is 38.3 Å². The second kappa shape index (κ2) is 11.6. The maximum absolute atomic E-state index is 13.0. The second-order valence-electron chi connectivity index (χ2n) is 9.65. The van der Waals surface area contributed by atoms with Crippen LogP contribution in [0.25, 0.3) is 11.1 Å². The lowest BCUT2D eigenvalue weighted by atomic mass is 9.97. The molecule has 0 radical (unpaired) electrons. The summed E-state index contributed by atoms with van der Waals surface area (Å²) in [7, 11) is 0. The van der Waals surface area contributed by atoms with Gasteiger partial charge in [-0.25, -0.2) is 4.98 Å². The molecule has 5 rings (SSSR count). The van der Waals surface area contributed by atoms with E-state index in [1.807, 2.05) is 67.6 Å². The number of carbonyl (C=O) groups excluding carboxylic acids is 1. The molecule has 2 heterocycles. The Labute approximate surface area is 228 Å². The monoisotopic (exact) mass is 512 g/mol. The molecule has 1 N–H and O–H groups in total. The minimum atomic E-state index is -0.200. The Bertz CT molecular complexity index is 1560. The lowest BCUT2D eigenvalue weighted by Gasteiger charge is -2.35. The highest BCUT2D eigenvalue weighted by Crippen LogP contribution is 2.26. The van der Waals surface area contributed by atoms with E-state index in [-0.39, 0.29) is 5.91 Å². The first kappa shape index (κ1) is 25.7. The molecule has 0 unspecified atom stereocenters. The maximum Gasteiger partial charge on any atom is 0.255 e. The van der Waals surface area contributed by atoms with Gasteiger partial charge in [-0.3, -0.25) is 9.69 Å². The van der Waals surface area contributed by atoms with E-state index in [9.17, 15) is 4.79 Å². The molecule has 1 saturated heterocycles. The minimum absolute atomic E-state index is 0.200. The highest BCUT2D eigenvalue weighted by atomic mass is 16.1. The van der Waals surface area contributed by atoms with Crippen molar-refractivity contribution in [3.05, 3.63) is 113 Å². The molecule has 3 aromatic carbocycles. The van der Waals surface area contributed by atoms with Crippen molar-refractivity contribution < 1.29 is 4.79 Å². The van der Waals surface area contributed by atoms with Crippen molar-refractivity contribution in [2.45, 2.75) is 13.5 Å². The van der Waals surface area contributed by atoms with E-state index in [0.29, 0.717) is 22.4 Å². The summed E-state index contributed by atoms with van der Waals surface area (Å²) in [6, 6.07) is 28.9. The predicted octanol–water partition coefficient (Wildman–Crippen LogP) is 5.37. The van der Waals surface area contributed by atoms with Crippen LogP contribution in [0.4, 0.5) is 11.5 Å². The third-order valence-electron chi connectivity index (χ3n) is 6.99. The maximum atomic E-state index is 13.0. The number of pyridine rings is 1. The average molecular weight is 513 g/mol. The zero-order valence-corrected chi connectivity index (χ0v) is 21.8. The van der Waals surface area contributed by atoms with Crippen LogP contribution in [-0.2, 0) is 6.54 Å². The van der Waals surface area contributed by atoms with Crippen LogP contribution in [0.1, 0.15) is 32.6 Å². The van der Waals surface area contributed by atoms with Crippen molar-refractivity contribution in [1.82, 2.24) is 9.88 Å². The fourth-order valence-electron chi connectivity index (χ4n) is 4.78. The van der Waals surface area contributed by atoms with Crippen molar-refractivity contribution >= 4 is 17.4 Å². The van der Waals surface area contributed by atoms with Crippen LogP contribution in [0, 0.1) is 29.6 Å². The number of nitrogens with one attached hydrogen (secondary N) is 1. The van der Waals surface area contributed by atoms with E-state index in [1.165, 1.54) is 0 Å². The normalized spacial score (nSPS) is 13.4. The van der Waals surface area contributed by atoms with E-state index >= 15 is 0 Å². The number of amides is 1. The topological polar surface area (TPSA) is 96.1 Å². The fraction of sp³-hybridized carbons (Fsp3) is 0.188. The number of hydrogen-bond acceptors (Lipinski definition) is 6. The average Bonchev–Trinajstić information content (AvgIpc) is 2.98. The Morgan fingerprint density at radius 2 is 1.67 bits per heavy atom. The molecular weight excluding hydrogens is 484 g/mol. The Morgan fingerprint density at radius 3 is 2.36 bits per heavy atom. The Balaban J connectivity index is 1.18. The van der Waals surface area contributed by atoms with Gasteiger partial charge in [-0.15, -0.1) is 0 Å². The summed E-state index contributed by atoms with van der Waals surface area (Å²) in [4.78, 5) is 22.2. The van der Waals surface area contributed by atoms with E-state index in [0.717, 1.165) is 60.8 Å². The van der Waals surface area contributed by atoms with Crippen molar-refractivity contribution in [3.8, 4) is 23.3 Å². The Kier molecular flexibility index (Phi) is 7.63. The predicted molar refractivity (Wildman–Crippen MR) is 152 cm³/mol. The number of nitriles is 2. The van der Waals surface area contributed by atoms with Gasteiger partial charge in [-0.1, -0.05) is 30.3 Å². The highest BCUT2D eigenvalue weighted by molar-refractivity contribution is 6.05. The first-order valence-electron chi connectivity index (χ1n) is 12.9. The van der Waals surface area contributed by atoms with E-state index in [4.69, 9.17) is 10.5 Å². The Morgan fingerprint density at radius 1 is 0.897 bits per heavy atom. The molecule has 0 aliphatic carbocycles. The summed E-state index contributed by atoms with van der Waals surface area (Å²) in [6.07, 6.45) is 1.70. The van der Waals surface area contributed by atoms with Crippen LogP contribution < -0.4 is 10.2 Å². The molecule has 1 aliphatic heterocycles. The molecule has 0 spiro atoms. The number of hydrogen-bond donors (Lipinski definition) is 1. The largest absolute Gasteiger partial charge is 0.354 e. The van der Waals surface area contributed by atoms with Gasteiger partial charge in [0.25, 0.3) is 5.91 Å². The van der Waals surface area contributed by atoms with Gasteiger partial charge in [0.1, 0.15) is 5.82 Å². The lowest BCUT2D eigenvalue weighted by Crippen LogP contribution is -2.46. The number of aryl methyl sites for hydroxylation is 1. The van der Waals surface area contributed by atoms with E-state index in [1.54, 1.807) is 18.3 Å².